The Kier molecular flexibility index (Phi) is 3.32. The summed E-state index contributed by atoms with van der Waals surface area (Å²) in [6, 6.07) is 0. The summed E-state index contributed by atoms with van der Waals surface area (Å²) in [7, 11) is 0. The van der Waals surface area contributed by atoms with Crippen LogP contribution in [0.3, 0.4) is 0 Å². The van der Waals surface area contributed by atoms with Gasteiger partial charge in [-0.1, -0.05) is 0 Å². The van der Waals surface area contributed by atoms with E-state index in [-0.39, 0.29) is 6.10 Å². The van der Waals surface area contributed by atoms with E-state index >= 15 is 0 Å². The van der Waals surface area contributed by atoms with E-state index in [9.17, 15) is 4.79 Å². The van der Waals surface area contributed by atoms with E-state index in [0.29, 0.717) is 0 Å². The Hall–Kier alpha value is -0.770. The molecule has 1 N–H and O–H groups in total. The zero-order valence-electron chi connectivity index (χ0n) is 7.25. The molecular weight excluding hydrogens is 148 g/mol. The standard InChI is InChI=1S/C7H14O4/c1-5(2)10-6(8)11-7(3,4)9/h5,9H,1-4H3. The average molecular weight is 162 g/mol. The van der Waals surface area contributed by atoms with Gasteiger partial charge in [-0.2, -0.15) is 0 Å². The summed E-state index contributed by atoms with van der Waals surface area (Å²) in [5.41, 5.74) is 0. The number of aliphatic hydroxyl groups is 1. The second kappa shape index (κ2) is 3.57. The Labute approximate surface area is 66.1 Å². The number of carbonyl (C=O) groups is 1. The molecule has 0 saturated carbocycles. The van der Waals surface area contributed by atoms with Crippen molar-refractivity contribution in [2.24, 2.45) is 0 Å². The van der Waals surface area contributed by atoms with Crippen LogP contribution in [0.4, 0.5) is 4.79 Å². The van der Waals surface area contributed by atoms with Gasteiger partial charge in [-0.15, -0.1) is 0 Å². The first-order chi connectivity index (χ1) is 4.81. The smallest absolute Gasteiger partial charge is 0.432 e. The van der Waals surface area contributed by atoms with Gasteiger partial charge in [0, 0.05) is 13.8 Å². The Balaban J connectivity index is 3.71. The van der Waals surface area contributed by atoms with Gasteiger partial charge >= 0.3 is 6.16 Å². The summed E-state index contributed by atoms with van der Waals surface area (Å²) >= 11 is 0. The van der Waals surface area contributed by atoms with Crippen LogP contribution in [0.25, 0.3) is 0 Å². The number of rotatable bonds is 2. The summed E-state index contributed by atoms with van der Waals surface area (Å²) < 4.78 is 9.05. The molecule has 0 unspecified atom stereocenters. The third-order valence-corrected chi connectivity index (χ3v) is 0.665. The van der Waals surface area contributed by atoms with Gasteiger partial charge in [0.1, 0.15) is 0 Å². The van der Waals surface area contributed by atoms with Crippen LogP contribution in [-0.2, 0) is 9.47 Å². The quantitative estimate of drug-likeness (QED) is 0.490. The van der Waals surface area contributed by atoms with Gasteiger partial charge < -0.3 is 14.6 Å². The third kappa shape index (κ3) is 7.12. The maximum absolute atomic E-state index is 10.7. The summed E-state index contributed by atoms with van der Waals surface area (Å²) in [5, 5.41) is 8.98. The second-order valence-electron chi connectivity index (χ2n) is 2.97. The minimum Gasteiger partial charge on any atom is -0.432 e. The van der Waals surface area contributed by atoms with Crippen molar-refractivity contribution < 1.29 is 19.4 Å². The van der Waals surface area contributed by atoms with Crippen molar-refractivity contribution in [2.45, 2.75) is 39.6 Å². The van der Waals surface area contributed by atoms with E-state index in [1.807, 2.05) is 0 Å². The van der Waals surface area contributed by atoms with Crippen molar-refractivity contribution in [3.8, 4) is 0 Å². The fourth-order valence-corrected chi connectivity index (χ4v) is 0.420. The highest BCUT2D eigenvalue weighted by atomic mass is 16.8. The van der Waals surface area contributed by atoms with Crippen LogP contribution < -0.4 is 0 Å². The molecule has 0 fully saturated rings. The van der Waals surface area contributed by atoms with Gasteiger partial charge in [-0.3, -0.25) is 0 Å². The predicted octanol–water partition coefficient (Wildman–Crippen LogP) is 1.28. The van der Waals surface area contributed by atoms with E-state index in [1.165, 1.54) is 13.8 Å². The Morgan fingerprint density at radius 3 is 2.18 bits per heavy atom. The molecule has 0 aromatic carbocycles. The lowest BCUT2D eigenvalue weighted by atomic mass is 10.4. The molecule has 0 aliphatic rings. The molecule has 0 spiro atoms. The molecule has 4 nitrogen and oxygen atoms in total. The molecule has 11 heavy (non-hydrogen) atoms. The van der Waals surface area contributed by atoms with Crippen molar-refractivity contribution in [1.29, 1.82) is 0 Å². The average Bonchev–Trinajstić information content (AvgIpc) is 1.53. The predicted molar refractivity (Wildman–Crippen MR) is 39.0 cm³/mol. The second-order valence-corrected chi connectivity index (χ2v) is 2.97. The topological polar surface area (TPSA) is 55.8 Å². The zero-order valence-corrected chi connectivity index (χ0v) is 7.25. The molecule has 0 aromatic rings. The van der Waals surface area contributed by atoms with Crippen molar-refractivity contribution in [1.82, 2.24) is 0 Å². The highest BCUT2D eigenvalue weighted by molar-refractivity contribution is 5.60. The highest BCUT2D eigenvalue weighted by Gasteiger charge is 2.19. The lowest BCUT2D eigenvalue weighted by molar-refractivity contribution is -0.152. The molecule has 0 aliphatic carbocycles. The molecule has 0 aromatic heterocycles. The van der Waals surface area contributed by atoms with Gasteiger partial charge in [0.15, 0.2) is 0 Å². The fourth-order valence-electron chi connectivity index (χ4n) is 0.420. The van der Waals surface area contributed by atoms with Crippen molar-refractivity contribution in [3.63, 3.8) is 0 Å². The van der Waals surface area contributed by atoms with Crippen molar-refractivity contribution >= 4 is 6.16 Å². The van der Waals surface area contributed by atoms with E-state index < -0.39 is 11.9 Å². The van der Waals surface area contributed by atoms with E-state index in [1.54, 1.807) is 13.8 Å². The first kappa shape index (κ1) is 10.2. The molecule has 0 bridgehead atoms. The number of hydrogen-bond acceptors (Lipinski definition) is 4. The third-order valence-electron chi connectivity index (χ3n) is 0.665. The van der Waals surface area contributed by atoms with Gasteiger partial charge in [-0.25, -0.2) is 4.79 Å². The van der Waals surface area contributed by atoms with Gasteiger partial charge in [0.2, 0.25) is 5.79 Å². The Morgan fingerprint density at radius 1 is 1.45 bits per heavy atom. The van der Waals surface area contributed by atoms with Crippen molar-refractivity contribution in [3.05, 3.63) is 0 Å². The molecule has 66 valence electrons. The summed E-state index contributed by atoms with van der Waals surface area (Å²) in [6.45, 7) is 6.11. The summed E-state index contributed by atoms with van der Waals surface area (Å²) in [5.74, 6) is -1.47. The van der Waals surface area contributed by atoms with Crippen LogP contribution >= 0.6 is 0 Å². The SMILES string of the molecule is CC(C)OC(=O)OC(C)(C)O. The van der Waals surface area contributed by atoms with Gasteiger partial charge in [-0.05, 0) is 13.8 Å². The number of hydrogen-bond donors (Lipinski definition) is 1. The van der Waals surface area contributed by atoms with Crippen LogP contribution in [0.15, 0.2) is 0 Å². The maximum atomic E-state index is 10.7. The van der Waals surface area contributed by atoms with E-state index in [2.05, 4.69) is 9.47 Å². The van der Waals surface area contributed by atoms with Crippen LogP contribution in [0.5, 0.6) is 0 Å². The summed E-state index contributed by atoms with van der Waals surface area (Å²) in [4.78, 5) is 10.7. The molecule has 0 aliphatic heterocycles. The first-order valence-corrected chi connectivity index (χ1v) is 3.43. The van der Waals surface area contributed by atoms with Crippen LogP contribution in [-0.4, -0.2) is 23.2 Å². The molecule has 0 atom stereocenters. The Morgan fingerprint density at radius 2 is 1.91 bits per heavy atom. The summed E-state index contributed by atoms with van der Waals surface area (Å²) in [6.07, 6.45) is -1.09. The zero-order chi connectivity index (χ0) is 9.07. The molecule has 4 heteroatoms. The molecule has 0 rings (SSSR count). The van der Waals surface area contributed by atoms with Gasteiger partial charge in [0.05, 0.1) is 6.10 Å². The van der Waals surface area contributed by atoms with E-state index in [4.69, 9.17) is 5.11 Å². The lowest BCUT2D eigenvalue weighted by Gasteiger charge is -2.18. The maximum Gasteiger partial charge on any atom is 0.511 e. The monoisotopic (exact) mass is 162 g/mol. The van der Waals surface area contributed by atoms with E-state index in [0.717, 1.165) is 0 Å². The highest BCUT2D eigenvalue weighted by Crippen LogP contribution is 2.05. The van der Waals surface area contributed by atoms with Crippen LogP contribution in [0.2, 0.25) is 0 Å². The normalized spacial score (nSPS) is 11.5. The first-order valence-electron chi connectivity index (χ1n) is 3.43. The van der Waals surface area contributed by atoms with Crippen LogP contribution in [0, 0.1) is 0 Å². The Bertz CT molecular complexity index is 134. The molecular formula is C7H14O4. The fraction of sp³-hybridized carbons (Fsp3) is 0.857. The molecule has 0 saturated heterocycles. The van der Waals surface area contributed by atoms with Crippen LogP contribution in [0.1, 0.15) is 27.7 Å². The lowest BCUT2D eigenvalue weighted by Crippen LogP contribution is -2.28. The molecule has 0 radical (unpaired) electrons. The number of ether oxygens (including phenoxy) is 2. The molecule has 0 heterocycles. The minimum atomic E-state index is -1.47. The number of carbonyl (C=O) groups excluding carboxylic acids is 1. The molecule has 0 amide bonds. The van der Waals surface area contributed by atoms with Gasteiger partial charge in [0.25, 0.3) is 0 Å². The van der Waals surface area contributed by atoms with Crippen molar-refractivity contribution in [2.75, 3.05) is 0 Å². The minimum absolute atomic E-state index is 0.232. The largest absolute Gasteiger partial charge is 0.511 e.